The molecule has 0 saturated carbocycles. The number of rotatable bonds is 4. The van der Waals surface area contributed by atoms with Gasteiger partial charge in [-0.15, -0.1) is 0 Å². The number of ether oxygens (including phenoxy) is 1. The Morgan fingerprint density at radius 1 is 1.15 bits per heavy atom. The average molecular weight is 484 g/mol. The number of hydrogen-bond acceptors (Lipinski definition) is 5. The molecule has 1 aliphatic heterocycles. The number of para-hydroxylation sites is 2. The van der Waals surface area contributed by atoms with E-state index in [0.29, 0.717) is 24.8 Å². The van der Waals surface area contributed by atoms with Crippen LogP contribution in [0.15, 0.2) is 52.1 Å². The quantitative estimate of drug-likeness (QED) is 0.444. The van der Waals surface area contributed by atoms with Gasteiger partial charge in [-0.25, -0.2) is 9.18 Å². The van der Waals surface area contributed by atoms with E-state index >= 15 is 0 Å². The maximum atomic E-state index is 14.4. The molecule has 2 aromatic heterocycles. The van der Waals surface area contributed by atoms with Gasteiger partial charge in [-0.05, 0) is 30.2 Å². The number of fused-ring (bicyclic) bond motifs is 3. The molecule has 2 aromatic carbocycles. The van der Waals surface area contributed by atoms with Crippen LogP contribution in [0.4, 0.5) is 16.0 Å². The van der Waals surface area contributed by atoms with Gasteiger partial charge in [0.05, 0.1) is 19.3 Å². The normalized spacial score (nSPS) is 15.6. The Morgan fingerprint density at radius 3 is 2.65 bits per heavy atom. The topological polar surface area (TPSA) is 74.3 Å². The minimum absolute atomic E-state index is 0.0881. The molecule has 1 unspecified atom stereocenters. The number of benzene rings is 2. The standard InChI is InChI=1S/C24H23ClFN5O3/c1-14-11-29(18-9-4-5-10-19(18)34-3)23-27-21-20(30(23)12-14)22(32)31(24(33)28(21)2)13-15-16(25)7-6-8-17(15)26/h4-10,14H,11-13H2,1-3H3. The first-order valence-corrected chi connectivity index (χ1v) is 11.2. The van der Waals surface area contributed by atoms with Crippen molar-refractivity contribution in [3.63, 3.8) is 0 Å². The molecule has 0 radical (unpaired) electrons. The Morgan fingerprint density at radius 2 is 1.91 bits per heavy atom. The molecule has 34 heavy (non-hydrogen) atoms. The zero-order chi connectivity index (χ0) is 24.1. The minimum Gasteiger partial charge on any atom is -0.495 e. The Kier molecular flexibility index (Phi) is 5.44. The van der Waals surface area contributed by atoms with Gasteiger partial charge in [0.15, 0.2) is 11.2 Å². The molecule has 4 aromatic rings. The van der Waals surface area contributed by atoms with Gasteiger partial charge in [0.1, 0.15) is 11.6 Å². The maximum Gasteiger partial charge on any atom is 0.332 e. The molecule has 3 heterocycles. The third-order valence-electron chi connectivity index (χ3n) is 6.20. The summed E-state index contributed by atoms with van der Waals surface area (Å²) in [5.74, 6) is 0.829. The van der Waals surface area contributed by atoms with Crippen LogP contribution in [-0.4, -0.2) is 32.3 Å². The second-order valence-corrected chi connectivity index (χ2v) is 8.92. The molecule has 1 atom stereocenters. The van der Waals surface area contributed by atoms with Crippen molar-refractivity contribution < 1.29 is 9.13 Å². The molecule has 0 spiro atoms. The Balaban J connectivity index is 1.75. The van der Waals surface area contributed by atoms with Crippen molar-refractivity contribution in [3.05, 3.63) is 79.7 Å². The first-order valence-electron chi connectivity index (χ1n) is 10.8. The van der Waals surface area contributed by atoms with E-state index in [2.05, 4.69) is 6.92 Å². The van der Waals surface area contributed by atoms with Crippen LogP contribution < -0.4 is 20.9 Å². The summed E-state index contributed by atoms with van der Waals surface area (Å²) < 4.78 is 24.2. The number of methoxy groups -OCH3 is 1. The second-order valence-electron chi connectivity index (χ2n) is 8.52. The van der Waals surface area contributed by atoms with Crippen LogP contribution >= 0.6 is 11.6 Å². The number of hydrogen-bond donors (Lipinski definition) is 0. The highest BCUT2D eigenvalue weighted by atomic mass is 35.5. The second kappa shape index (κ2) is 8.32. The number of imidazole rings is 1. The van der Waals surface area contributed by atoms with Crippen molar-refractivity contribution in [2.75, 3.05) is 18.6 Å². The van der Waals surface area contributed by atoms with Crippen molar-refractivity contribution >= 4 is 34.4 Å². The maximum absolute atomic E-state index is 14.4. The highest BCUT2D eigenvalue weighted by Gasteiger charge is 2.31. The van der Waals surface area contributed by atoms with E-state index < -0.39 is 17.1 Å². The van der Waals surface area contributed by atoms with Crippen LogP contribution in [0.5, 0.6) is 5.75 Å². The zero-order valence-electron chi connectivity index (χ0n) is 19.0. The Bertz CT molecular complexity index is 1520. The first-order chi connectivity index (χ1) is 16.3. The van der Waals surface area contributed by atoms with E-state index in [1.807, 2.05) is 33.7 Å². The van der Waals surface area contributed by atoms with Crippen molar-refractivity contribution in [1.29, 1.82) is 0 Å². The minimum atomic E-state index is -0.593. The zero-order valence-corrected chi connectivity index (χ0v) is 19.7. The molecule has 0 fully saturated rings. The van der Waals surface area contributed by atoms with E-state index in [4.69, 9.17) is 21.3 Å². The van der Waals surface area contributed by atoms with E-state index in [9.17, 15) is 14.0 Å². The van der Waals surface area contributed by atoms with Gasteiger partial charge in [0.25, 0.3) is 5.56 Å². The SMILES string of the molecule is COc1ccccc1N1CC(C)Cn2c1nc1c2c(=O)n(Cc2c(F)cccc2Cl)c(=O)n1C. The highest BCUT2D eigenvalue weighted by molar-refractivity contribution is 6.31. The third-order valence-corrected chi connectivity index (χ3v) is 6.55. The summed E-state index contributed by atoms with van der Waals surface area (Å²) in [6.07, 6.45) is 0. The molecule has 1 aliphatic rings. The van der Waals surface area contributed by atoms with E-state index in [1.165, 1.54) is 22.8 Å². The molecule has 10 heteroatoms. The number of anilines is 2. The van der Waals surface area contributed by atoms with Gasteiger partial charge in [0.2, 0.25) is 5.95 Å². The molecule has 176 valence electrons. The lowest BCUT2D eigenvalue weighted by Crippen LogP contribution is -2.41. The average Bonchev–Trinajstić information content (AvgIpc) is 3.21. The molecule has 8 nitrogen and oxygen atoms in total. The predicted molar refractivity (Wildman–Crippen MR) is 129 cm³/mol. The molecule has 0 bridgehead atoms. The summed E-state index contributed by atoms with van der Waals surface area (Å²) in [4.78, 5) is 33.5. The number of nitrogens with zero attached hydrogens (tertiary/aromatic N) is 5. The largest absolute Gasteiger partial charge is 0.495 e. The van der Waals surface area contributed by atoms with Gasteiger partial charge in [-0.3, -0.25) is 13.9 Å². The van der Waals surface area contributed by atoms with Gasteiger partial charge in [0, 0.05) is 30.7 Å². The Hall–Kier alpha value is -3.59. The fourth-order valence-electron chi connectivity index (χ4n) is 4.54. The number of aryl methyl sites for hydroxylation is 1. The summed E-state index contributed by atoms with van der Waals surface area (Å²) in [5.41, 5.74) is 0.335. The Labute approximate surface area is 199 Å². The van der Waals surface area contributed by atoms with Gasteiger partial charge in [-0.1, -0.05) is 36.7 Å². The fourth-order valence-corrected chi connectivity index (χ4v) is 4.76. The van der Waals surface area contributed by atoms with Crippen LogP contribution in [0, 0.1) is 11.7 Å². The molecule has 0 amide bonds. The van der Waals surface area contributed by atoms with Crippen molar-refractivity contribution in [3.8, 4) is 5.75 Å². The molecule has 0 saturated heterocycles. The van der Waals surface area contributed by atoms with Gasteiger partial charge in [-0.2, -0.15) is 4.98 Å². The lowest BCUT2D eigenvalue weighted by molar-refractivity contribution is 0.409. The monoisotopic (exact) mass is 483 g/mol. The van der Waals surface area contributed by atoms with Crippen LogP contribution in [0.2, 0.25) is 5.02 Å². The molecule has 0 aliphatic carbocycles. The molecular formula is C24H23ClFN5O3. The lowest BCUT2D eigenvalue weighted by atomic mass is 10.1. The summed E-state index contributed by atoms with van der Waals surface area (Å²) in [6.45, 7) is 3.01. The van der Waals surface area contributed by atoms with E-state index in [1.54, 1.807) is 14.2 Å². The first kappa shape index (κ1) is 22.2. The fraction of sp³-hybridized carbons (Fsp3) is 0.292. The smallest absolute Gasteiger partial charge is 0.332 e. The number of halogens is 2. The van der Waals surface area contributed by atoms with Crippen LogP contribution in [0.25, 0.3) is 11.2 Å². The summed E-state index contributed by atoms with van der Waals surface area (Å²) >= 11 is 6.17. The van der Waals surface area contributed by atoms with Crippen molar-refractivity contribution in [1.82, 2.24) is 18.7 Å². The van der Waals surface area contributed by atoms with E-state index in [0.717, 1.165) is 10.3 Å². The summed E-state index contributed by atoms with van der Waals surface area (Å²) in [5, 5.41) is 0.153. The summed E-state index contributed by atoms with van der Waals surface area (Å²) in [6, 6.07) is 11.8. The molecule has 0 N–H and O–H groups in total. The molecular weight excluding hydrogens is 461 g/mol. The molecule has 5 rings (SSSR count). The van der Waals surface area contributed by atoms with Crippen LogP contribution in [0.3, 0.4) is 0 Å². The van der Waals surface area contributed by atoms with Gasteiger partial charge >= 0.3 is 5.69 Å². The predicted octanol–water partition coefficient (Wildman–Crippen LogP) is 3.53. The lowest BCUT2D eigenvalue weighted by Gasteiger charge is -2.33. The van der Waals surface area contributed by atoms with E-state index in [-0.39, 0.29) is 34.2 Å². The summed E-state index contributed by atoms with van der Waals surface area (Å²) in [7, 11) is 3.16. The van der Waals surface area contributed by atoms with Crippen molar-refractivity contribution in [2.45, 2.75) is 20.0 Å². The van der Waals surface area contributed by atoms with Crippen LogP contribution in [0.1, 0.15) is 12.5 Å². The van der Waals surface area contributed by atoms with Crippen LogP contribution in [-0.2, 0) is 20.1 Å². The number of aromatic nitrogens is 4. The van der Waals surface area contributed by atoms with Gasteiger partial charge < -0.3 is 14.2 Å². The van der Waals surface area contributed by atoms with Crippen molar-refractivity contribution in [2.24, 2.45) is 13.0 Å². The third kappa shape index (κ3) is 3.38. The highest BCUT2D eigenvalue weighted by Crippen LogP contribution is 2.37.